The Morgan fingerprint density at radius 2 is 1.71 bits per heavy atom. The third-order valence-corrected chi connectivity index (χ3v) is 4.03. The molecule has 0 aliphatic heterocycles. The van der Waals surface area contributed by atoms with E-state index in [0.29, 0.717) is 11.1 Å². The van der Waals surface area contributed by atoms with Crippen LogP contribution < -0.4 is 4.74 Å². The molecule has 112 valence electrons. The number of alkyl halides is 4. The zero-order valence-corrected chi connectivity index (χ0v) is 12.5. The Labute approximate surface area is 127 Å². The number of halogens is 5. The second-order valence-corrected chi connectivity index (χ2v) is 5.30. The Morgan fingerprint density at radius 1 is 1.05 bits per heavy atom. The first-order valence-corrected chi connectivity index (χ1v) is 6.89. The molecule has 21 heavy (non-hydrogen) atoms. The van der Waals surface area contributed by atoms with Crippen molar-refractivity contribution in [3.63, 3.8) is 0 Å². The van der Waals surface area contributed by atoms with Crippen LogP contribution in [-0.4, -0.2) is 7.11 Å². The molecule has 0 spiro atoms. The van der Waals surface area contributed by atoms with Crippen LogP contribution in [0.3, 0.4) is 0 Å². The number of methoxy groups -OCH3 is 1. The molecule has 0 aliphatic carbocycles. The molecule has 2 rings (SSSR count). The van der Waals surface area contributed by atoms with Crippen molar-refractivity contribution in [3.8, 4) is 5.75 Å². The Bertz CT molecular complexity index is 640. The van der Waals surface area contributed by atoms with Gasteiger partial charge in [0.05, 0.1) is 17.5 Å². The molecule has 0 fully saturated rings. The predicted molar refractivity (Wildman–Crippen MR) is 75.2 cm³/mol. The van der Waals surface area contributed by atoms with Gasteiger partial charge in [0.2, 0.25) is 0 Å². The molecule has 0 saturated carbocycles. The summed E-state index contributed by atoms with van der Waals surface area (Å²) in [6, 6.07) is 9.19. The van der Waals surface area contributed by atoms with Crippen molar-refractivity contribution in [2.75, 3.05) is 7.11 Å². The van der Waals surface area contributed by atoms with Gasteiger partial charge >= 0.3 is 6.18 Å². The third-order valence-electron chi connectivity index (χ3n) is 2.98. The van der Waals surface area contributed by atoms with Crippen molar-refractivity contribution in [1.82, 2.24) is 0 Å². The van der Waals surface area contributed by atoms with Gasteiger partial charge in [0, 0.05) is 0 Å². The van der Waals surface area contributed by atoms with Crippen LogP contribution in [-0.2, 0) is 6.18 Å². The van der Waals surface area contributed by atoms with Gasteiger partial charge in [-0.3, -0.25) is 0 Å². The van der Waals surface area contributed by atoms with Gasteiger partial charge in [-0.1, -0.05) is 40.2 Å². The molecule has 1 nitrogen and oxygen atoms in total. The second-order valence-electron chi connectivity index (χ2n) is 4.38. The Hall–Kier alpha value is -1.56. The van der Waals surface area contributed by atoms with Gasteiger partial charge in [0.15, 0.2) is 11.6 Å². The highest BCUT2D eigenvalue weighted by molar-refractivity contribution is 9.09. The van der Waals surface area contributed by atoms with E-state index in [9.17, 15) is 17.6 Å². The molecule has 0 amide bonds. The molecule has 0 N–H and O–H groups in total. The Balaban J connectivity index is 2.36. The van der Waals surface area contributed by atoms with E-state index in [1.165, 1.54) is 25.3 Å². The third kappa shape index (κ3) is 3.56. The molecular weight excluding hydrogens is 352 g/mol. The van der Waals surface area contributed by atoms with Crippen molar-refractivity contribution >= 4 is 15.9 Å². The maximum atomic E-state index is 13.7. The number of ether oxygens (including phenoxy) is 1. The molecule has 6 heteroatoms. The van der Waals surface area contributed by atoms with Crippen molar-refractivity contribution in [3.05, 3.63) is 65.0 Å². The molecule has 1 atom stereocenters. The highest BCUT2D eigenvalue weighted by Gasteiger charge is 2.31. The summed E-state index contributed by atoms with van der Waals surface area (Å²) in [4.78, 5) is -0.541. The SMILES string of the molecule is COc1ccc(C(Br)c2cccc(C(F)(F)F)c2)cc1F. The lowest BCUT2D eigenvalue weighted by atomic mass is 10.0. The van der Waals surface area contributed by atoms with Gasteiger partial charge in [-0.05, 0) is 29.3 Å². The number of hydrogen-bond donors (Lipinski definition) is 0. The average Bonchev–Trinajstić information content (AvgIpc) is 2.45. The van der Waals surface area contributed by atoms with Crippen LogP contribution in [0, 0.1) is 5.82 Å². The molecule has 0 radical (unpaired) electrons. The van der Waals surface area contributed by atoms with Gasteiger partial charge in [-0.2, -0.15) is 13.2 Å². The summed E-state index contributed by atoms with van der Waals surface area (Å²) in [5, 5.41) is 0. The van der Waals surface area contributed by atoms with E-state index in [2.05, 4.69) is 15.9 Å². The van der Waals surface area contributed by atoms with E-state index in [1.54, 1.807) is 12.1 Å². The van der Waals surface area contributed by atoms with Gasteiger partial charge in [-0.15, -0.1) is 0 Å². The average molecular weight is 363 g/mol. The van der Waals surface area contributed by atoms with E-state index in [4.69, 9.17) is 4.74 Å². The van der Waals surface area contributed by atoms with E-state index in [1.807, 2.05) is 0 Å². The van der Waals surface area contributed by atoms with Gasteiger partial charge in [-0.25, -0.2) is 4.39 Å². The minimum atomic E-state index is -4.41. The van der Waals surface area contributed by atoms with Crippen LogP contribution in [0.1, 0.15) is 21.5 Å². The molecule has 0 aromatic heterocycles. The fourth-order valence-electron chi connectivity index (χ4n) is 1.91. The molecule has 2 aromatic carbocycles. The van der Waals surface area contributed by atoms with Crippen molar-refractivity contribution in [2.24, 2.45) is 0 Å². The molecule has 0 bridgehead atoms. The van der Waals surface area contributed by atoms with E-state index in [-0.39, 0.29) is 5.75 Å². The number of benzene rings is 2. The summed E-state index contributed by atoms with van der Waals surface area (Å²) in [7, 11) is 1.34. The summed E-state index contributed by atoms with van der Waals surface area (Å²) in [5.41, 5.74) is 0.167. The van der Waals surface area contributed by atoms with Crippen molar-refractivity contribution < 1.29 is 22.3 Å². The normalized spacial score (nSPS) is 13.0. The van der Waals surface area contributed by atoms with Gasteiger partial charge < -0.3 is 4.74 Å². The van der Waals surface area contributed by atoms with Crippen LogP contribution in [0.5, 0.6) is 5.75 Å². The van der Waals surface area contributed by atoms with E-state index >= 15 is 0 Å². The van der Waals surface area contributed by atoms with Gasteiger partial charge in [0.25, 0.3) is 0 Å². The lowest BCUT2D eigenvalue weighted by molar-refractivity contribution is -0.137. The molecule has 0 saturated heterocycles. The summed E-state index contributed by atoms with van der Waals surface area (Å²) in [5.74, 6) is -0.478. The second kappa shape index (κ2) is 6.05. The standard InChI is InChI=1S/C15H11BrF4O/c1-21-13-6-5-10(8-12(13)17)14(16)9-3-2-4-11(7-9)15(18,19)20/h2-8,14H,1H3. The quantitative estimate of drug-likeness (QED) is 0.529. The van der Waals surface area contributed by atoms with Crippen molar-refractivity contribution in [1.29, 1.82) is 0 Å². The summed E-state index contributed by atoms with van der Waals surface area (Å²) >= 11 is 3.30. The summed E-state index contributed by atoms with van der Waals surface area (Å²) in [6.07, 6.45) is -4.41. The molecule has 0 aliphatic rings. The van der Waals surface area contributed by atoms with Crippen molar-refractivity contribution in [2.45, 2.75) is 11.0 Å². The zero-order valence-electron chi connectivity index (χ0n) is 10.9. The summed E-state index contributed by atoms with van der Waals surface area (Å²) in [6.45, 7) is 0. The number of rotatable bonds is 3. The monoisotopic (exact) mass is 362 g/mol. The highest BCUT2D eigenvalue weighted by atomic mass is 79.9. The molecule has 0 heterocycles. The Kier molecular flexibility index (Phi) is 4.56. The highest BCUT2D eigenvalue weighted by Crippen LogP contribution is 2.36. The molecule has 2 aromatic rings. The topological polar surface area (TPSA) is 9.23 Å². The summed E-state index contributed by atoms with van der Waals surface area (Å²) < 4.78 is 56.6. The molecule has 1 unspecified atom stereocenters. The maximum absolute atomic E-state index is 13.7. The zero-order chi connectivity index (χ0) is 15.6. The first-order chi connectivity index (χ1) is 9.82. The number of hydrogen-bond acceptors (Lipinski definition) is 1. The smallest absolute Gasteiger partial charge is 0.416 e. The minimum Gasteiger partial charge on any atom is -0.494 e. The van der Waals surface area contributed by atoms with Crippen LogP contribution in [0.2, 0.25) is 0 Å². The Morgan fingerprint density at radius 3 is 2.29 bits per heavy atom. The van der Waals surface area contributed by atoms with Crippen LogP contribution in [0.15, 0.2) is 42.5 Å². The molecular formula is C15H11BrF4O. The van der Waals surface area contributed by atoms with E-state index in [0.717, 1.165) is 12.1 Å². The largest absolute Gasteiger partial charge is 0.494 e. The minimum absolute atomic E-state index is 0.0856. The predicted octanol–water partition coefficient (Wildman–Crippen LogP) is 5.34. The lowest BCUT2D eigenvalue weighted by Gasteiger charge is -2.14. The fourth-order valence-corrected chi connectivity index (χ4v) is 2.47. The van der Waals surface area contributed by atoms with Gasteiger partial charge in [0.1, 0.15) is 0 Å². The van der Waals surface area contributed by atoms with Crippen LogP contribution in [0.4, 0.5) is 17.6 Å². The van der Waals surface area contributed by atoms with E-state index < -0.39 is 22.4 Å². The van der Waals surface area contributed by atoms with Crippen LogP contribution >= 0.6 is 15.9 Å². The lowest BCUT2D eigenvalue weighted by Crippen LogP contribution is -2.06. The first kappa shape index (κ1) is 15.8. The fraction of sp³-hybridized carbons (Fsp3) is 0.200. The first-order valence-electron chi connectivity index (χ1n) is 5.97. The maximum Gasteiger partial charge on any atom is 0.416 e. The van der Waals surface area contributed by atoms with Crippen LogP contribution in [0.25, 0.3) is 0 Å².